The zero-order valence-corrected chi connectivity index (χ0v) is 14.4. The van der Waals surface area contributed by atoms with Gasteiger partial charge in [0.05, 0.1) is 32.8 Å². The zero-order valence-electron chi connectivity index (χ0n) is 14.4. The quantitative estimate of drug-likeness (QED) is 0.902. The molecule has 25 heavy (non-hydrogen) atoms. The SMILES string of the molecule is O=C(Cc1cccc2ccccc12)N1CCO[C@]2(CNCCOC2)C1. The van der Waals surface area contributed by atoms with E-state index in [2.05, 4.69) is 23.5 Å². The summed E-state index contributed by atoms with van der Waals surface area (Å²) in [7, 11) is 0. The average molecular weight is 340 g/mol. The number of morpholine rings is 1. The number of amides is 1. The molecule has 4 rings (SSSR count). The molecule has 2 fully saturated rings. The Morgan fingerprint density at radius 2 is 2.04 bits per heavy atom. The van der Waals surface area contributed by atoms with Crippen molar-refractivity contribution in [3.63, 3.8) is 0 Å². The number of fused-ring (bicyclic) bond motifs is 1. The minimum Gasteiger partial charge on any atom is -0.377 e. The van der Waals surface area contributed by atoms with Crippen LogP contribution in [0.3, 0.4) is 0 Å². The van der Waals surface area contributed by atoms with Gasteiger partial charge in [0.25, 0.3) is 0 Å². The summed E-state index contributed by atoms with van der Waals surface area (Å²) in [6.45, 7) is 4.58. The molecule has 2 aliphatic rings. The lowest BCUT2D eigenvalue weighted by atomic mass is 9.99. The average Bonchev–Trinajstić information content (AvgIpc) is 2.87. The molecule has 0 aromatic heterocycles. The number of carbonyl (C=O) groups excluding carboxylic acids is 1. The molecule has 2 aliphatic heterocycles. The van der Waals surface area contributed by atoms with Crippen LogP contribution in [0.1, 0.15) is 5.56 Å². The van der Waals surface area contributed by atoms with Gasteiger partial charge < -0.3 is 19.7 Å². The Bertz CT molecular complexity index is 748. The van der Waals surface area contributed by atoms with Gasteiger partial charge in [0.2, 0.25) is 5.91 Å². The van der Waals surface area contributed by atoms with Gasteiger partial charge in [0.15, 0.2) is 0 Å². The number of nitrogens with one attached hydrogen (secondary N) is 1. The molecule has 2 saturated heterocycles. The lowest BCUT2D eigenvalue weighted by Crippen LogP contribution is -2.59. The van der Waals surface area contributed by atoms with Crippen LogP contribution in [-0.4, -0.2) is 62.4 Å². The van der Waals surface area contributed by atoms with Crippen molar-refractivity contribution in [2.24, 2.45) is 0 Å². The normalized spacial score (nSPS) is 24.4. The van der Waals surface area contributed by atoms with Gasteiger partial charge in [-0.3, -0.25) is 4.79 Å². The van der Waals surface area contributed by atoms with E-state index < -0.39 is 5.60 Å². The molecule has 1 amide bonds. The fourth-order valence-corrected chi connectivity index (χ4v) is 3.74. The van der Waals surface area contributed by atoms with Crippen molar-refractivity contribution in [2.75, 3.05) is 46.0 Å². The lowest BCUT2D eigenvalue weighted by molar-refractivity contribution is -0.157. The molecular formula is C20H24N2O3. The van der Waals surface area contributed by atoms with Crippen LogP contribution in [0.25, 0.3) is 10.8 Å². The van der Waals surface area contributed by atoms with E-state index in [0.29, 0.717) is 39.3 Å². The number of hydrogen-bond donors (Lipinski definition) is 1. The summed E-state index contributed by atoms with van der Waals surface area (Å²) in [6, 6.07) is 14.4. The van der Waals surface area contributed by atoms with Gasteiger partial charge in [0.1, 0.15) is 5.60 Å². The van der Waals surface area contributed by atoms with Gasteiger partial charge in [-0.1, -0.05) is 42.5 Å². The van der Waals surface area contributed by atoms with Crippen molar-refractivity contribution >= 4 is 16.7 Å². The number of carbonyl (C=O) groups is 1. The van der Waals surface area contributed by atoms with Crippen molar-refractivity contribution in [1.82, 2.24) is 10.2 Å². The Morgan fingerprint density at radius 1 is 1.16 bits per heavy atom. The van der Waals surface area contributed by atoms with Gasteiger partial charge in [0, 0.05) is 19.6 Å². The van der Waals surface area contributed by atoms with Crippen LogP contribution in [0, 0.1) is 0 Å². The fraction of sp³-hybridized carbons (Fsp3) is 0.450. The van der Waals surface area contributed by atoms with Gasteiger partial charge in [-0.15, -0.1) is 0 Å². The maximum Gasteiger partial charge on any atom is 0.227 e. The van der Waals surface area contributed by atoms with E-state index in [1.807, 2.05) is 29.2 Å². The second-order valence-electron chi connectivity index (χ2n) is 6.89. The molecule has 0 saturated carbocycles. The van der Waals surface area contributed by atoms with E-state index in [9.17, 15) is 4.79 Å². The smallest absolute Gasteiger partial charge is 0.227 e. The highest BCUT2D eigenvalue weighted by Crippen LogP contribution is 2.23. The molecule has 2 aromatic carbocycles. The van der Waals surface area contributed by atoms with Crippen molar-refractivity contribution in [3.8, 4) is 0 Å². The Morgan fingerprint density at radius 3 is 3.00 bits per heavy atom. The number of nitrogens with zero attached hydrogens (tertiary/aromatic N) is 1. The molecule has 2 aromatic rings. The molecule has 0 unspecified atom stereocenters. The monoisotopic (exact) mass is 340 g/mol. The Kier molecular flexibility index (Phi) is 4.70. The molecule has 132 valence electrons. The Labute approximate surface area is 147 Å². The van der Waals surface area contributed by atoms with E-state index >= 15 is 0 Å². The van der Waals surface area contributed by atoms with E-state index in [1.54, 1.807) is 0 Å². The molecule has 1 N–H and O–H groups in total. The maximum absolute atomic E-state index is 12.9. The van der Waals surface area contributed by atoms with E-state index in [0.717, 1.165) is 24.0 Å². The van der Waals surface area contributed by atoms with E-state index in [-0.39, 0.29) is 5.91 Å². The molecule has 0 radical (unpaired) electrons. The minimum absolute atomic E-state index is 0.156. The number of rotatable bonds is 2. The number of ether oxygens (including phenoxy) is 2. The Hall–Kier alpha value is -1.95. The van der Waals surface area contributed by atoms with Crippen LogP contribution in [0.2, 0.25) is 0 Å². The number of hydrogen-bond acceptors (Lipinski definition) is 4. The van der Waals surface area contributed by atoms with E-state index in [4.69, 9.17) is 9.47 Å². The summed E-state index contributed by atoms with van der Waals surface area (Å²) < 4.78 is 11.7. The molecule has 1 spiro atoms. The second kappa shape index (κ2) is 7.12. The summed E-state index contributed by atoms with van der Waals surface area (Å²) in [5.74, 6) is 0.156. The molecule has 0 aliphatic carbocycles. The van der Waals surface area contributed by atoms with Crippen LogP contribution in [0.15, 0.2) is 42.5 Å². The first-order chi connectivity index (χ1) is 12.3. The molecule has 5 heteroatoms. The summed E-state index contributed by atoms with van der Waals surface area (Å²) in [5.41, 5.74) is 0.669. The largest absolute Gasteiger partial charge is 0.377 e. The van der Waals surface area contributed by atoms with Crippen LogP contribution in [0.4, 0.5) is 0 Å². The van der Waals surface area contributed by atoms with Gasteiger partial charge in [-0.2, -0.15) is 0 Å². The summed E-state index contributed by atoms with van der Waals surface area (Å²) in [5, 5.41) is 5.68. The third kappa shape index (κ3) is 3.54. The van der Waals surface area contributed by atoms with Gasteiger partial charge in [-0.25, -0.2) is 0 Å². The van der Waals surface area contributed by atoms with Crippen LogP contribution in [-0.2, 0) is 20.7 Å². The summed E-state index contributed by atoms with van der Waals surface area (Å²) in [6.07, 6.45) is 0.422. The first-order valence-corrected chi connectivity index (χ1v) is 8.93. The second-order valence-corrected chi connectivity index (χ2v) is 6.89. The van der Waals surface area contributed by atoms with E-state index in [1.165, 1.54) is 5.39 Å². The van der Waals surface area contributed by atoms with Crippen LogP contribution in [0.5, 0.6) is 0 Å². The zero-order chi connectivity index (χ0) is 17.1. The van der Waals surface area contributed by atoms with Crippen molar-refractivity contribution in [1.29, 1.82) is 0 Å². The third-order valence-electron chi connectivity index (χ3n) is 5.06. The fourth-order valence-electron chi connectivity index (χ4n) is 3.74. The molecule has 0 bridgehead atoms. The van der Waals surface area contributed by atoms with Crippen molar-refractivity contribution in [3.05, 3.63) is 48.0 Å². The number of benzene rings is 2. The van der Waals surface area contributed by atoms with Gasteiger partial charge >= 0.3 is 0 Å². The molecular weight excluding hydrogens is 316 g/mol. The summed E-state index contributed by atoms with van der Waals surface area (Å²) in [4.78, 5) is 14.9. The maximum atomic E-state index is 12.9. The predicted octanol–water partition coefficient (Wildman–Crippen LogP) is 1.60. The highest BCUT2D eigenvalue weighted by molar-refractivity contribution is 5.90. The highest BCUT2D eigenvalue weighted by atomic mass is 16.5. The van der Waals surface area contributed by atoms with Gasteiger partial charge in [-0.05, 0) is 16.3 Å². The standard InChI is InChI=1S/C20H24N2O3/c23-19(12-17-6-3-5-16-4-1-2-7-18(16)17)22-9-11-25-20(14-22)13-21-8-10-24-15-20/h1-7,21H,8-15H2/t20-/m1/s1. The van der Waals surface area contributed by atoms with Crippen molar-refractivity contribution in [2.45, 2.75) is 12.0 Å². The molecule has 5 nitrogen and oxygen atoms in total. The lowest BCUT2D eigenvalue weighted by Gasteiger charge is -2.41. The van der Waals surface area contributed by atoms with Crippen LogP contribution < -0.4 is 5.32 Å². The van der Waals surface area contributed by atoms with Crippen molar-refractivity contribution < 1.29 is 14.3 Å². The molecule has 2 heterocycles. The molecule has 1 atom stereocenters. The minimum atomic E-state index is -0.414. The topological polar surface area (TPSA) is 50.8 Å². The highest BCUT2D eigenvalue weighted by Gasteiger charge is 2.39. The Balaban J connectivity index is 1.50. The van der Waals surface area contributed by atoms with Crippen LogP contribution >= 0.6 is 0 Å². The third-order valence-corrected chi connectivity index (χ3v) is 5.06. The predicted molar refractivity (Wildman–Crippen MR) is 96.6 cm³/mol. The first-order valence-electron chi connectivity index (χ1n) is 8.93. The summed E-state index contributed by atoms with van der Waals surface area (Å²) >= 11 is 0. The first kappa shape index (κ1) is 16.5.